The Balaban J connectivity index is 2.14. The molecule has 0 radical (unpaired) electrons. The predicted molar refractivity (Wildman–Crippen MR) is 79.3 cm³/mol. The summed E-state index contributed by atoms with van der Waals surface area (Å²) in [7, 11) is 0. The molecule has 0 amide bonds. The fraction of sp³-hybridized carbons (Fsp3) is 0.143. The Morgan fingerprint density at radius 2 is 2.06 bits per heavy atom. The van der Waals surface area contributed by atoms with Crippen molar-refractivity contribution in [3.63, 3.8) is 0 Å². The van der Waals surface area contributed by atoms with Crippen molar-refractivity contribution in [2.75, 3.05) is 5.32 Å². The van der Waals surface area contributed by atoms with Crippen LogP contribution in [0.3, 0.4) is 0 Å². The van der Waals surface area contributed by atoms with Crippen LogP contribution in [-0.2, 0) is 6.54 Å². The average Bonchev–Trinajstić information content (AvgIpc) is 2.33. The molecule has 0 fully saturated rings. The van der Waals surface area contributed by atoms with Gasteiger partial charge in [0.1, 0.15) is 5.75 Å². The Labute approximate surface area is 120 Å². The Kier molecular flexibility index (Phi) is 4.15. The van der Waals surface area contributed by atoms with E-state index in [1.807, 2.05) is 25.1 Å². The fourth-order valence-electron chi connectivity index (χ4n) is 1.67. The largest absolute Gasteiger partial charge is 0.508 e. The predicted octanol–water partition coefficient (Wildman–Crippen LogP) is 4.73. The topological polar surface area (TPSA) is 32.3 Å². The van der Waals surface area contributed by atoms with Gasteiger partial charge in [0.25, 0.3) is 0 Å². The number of benzene rings is 2. The average molecular weight is 327 g/mol. The molecule has 94 valence electrons. The van der Waals surface area contributed by atoms with Crippen molar-refractivity contribution in [1.29, 1.82) is 0 Å². The summed E-state index contributed by atoms with van der Waals surface area (Å²) < 4.78 is 1.08. The van der Waals surface area contributed by atoms with E-state index in [9.17, 15) is 5.11 Å². The third-order valence-electron chi connectivity index (χ3n) is 2.72. The first kappa shape index (κ1) is 13.2. The molecule has 0 aromatic heterocycles. The third kappa shape index (κ3) is 2.98. The van der Waals surface area contributed by atoms with Crippen LogP contribution in [0.5, 0.6) is 5.75 Å². The summed E-state index contributed by atoms with van der Waals surface area (Å²) in [5.74, 6) is 0.212. The Bertz CT molecular complexity index is 551. The standard InChI is InChI=1S/C14H13BrClNO/c1-9-7-10(5-6-12(9)15)17-8-11-13(16)3-2-4-14(11)18/h2-7,17-18H,8H2,1H3. The van der Waals surface area contributed by atoms with Gasteiger partial charge in [-0.25, -0.2) is 0 Å². The zero-order chi connectivity index (χ0) is 13.1. The number of anilines is 1. The minimum absolute atomic E-state index is 0.212. The Morgan fingerprint density at radius 1 is 1.28 bits per heavy atom. The smallest absolute Gasteiger partial charge is 0.122 e. The molecule has 2 rings (SSSR count). The number of aryl methyl sites for hydroxylation is 1. The summed E-state index contributed by atoms with van der Waals surface area (Å²) in [6.07, 6.45) is 0. The summed E-state index contributed by atoms with van der Waals surface area (Å²) in [4.78, 5) is 0. The van der Waals surface area contributed by atoms with Gasteiger partial charge in [-0.2, -0.15) is 0 Å². The van der Waals surface area contributed by atoms with E-state index in [2.05, 4.69) is 21.2 Å². The molecular formula is C14H13BrClNO. The molecule has 2 nitrogen and oxygen atoms in total. The number of phenols is 1. The lowest BCUT2D eigenvalue weighted by molar-refractivity contribution is 0.469. The van der Waals surface area contributed by atoms with Gasteiger partial charge in [0, 0.05) is 27.3 Å². The van der Waals surface area contributed by atoms with Crippen molar-refractivity contribution in [3.05, 3.63) is 57.0 Å². The van der Waals surface area contributed by atoms with E-state index in [0.717, 1.165) is 15.7 Å². The minimum Gasteiger partial charge on any atom is -0.508 e. The molecule has 0 heterocycles. The maximum Gasteiger partial charge on any atom is 0.122 e. The molecule has 0 bridgehead atoms. The van der Waals surface area contributed by atoms with Gasteiger partial charge >= 0.3 is 0 Å². The number of aromatic hydroxyl groups is 1. The first-order chi connectivity index (χ1) is 8.58. The van der Waals surface area contributed by atoms with Gasteiger partial charge in [-0.1, -0.05) is 33.6 Å². The lowest BCUT2D eigenvalue weighted by atomic mass is 10.2. The first-order valence-corrected chi connectivity index (χ1v) is 6.71. The van der Waals surface area contributed by atoms with E-state index in [1.165, 1.54) is 0 Å². The highest BCUT2D eigenvalue weighted by atomic mass is 79.9. The maximum absolute atomic E-state index is 9.74. The molecule has 0 spiro atoms. The second-order valence-corrected chi connectivity index (χ2v) is 5.32. The summed E-state index contributed by atoms with van der Waals surface area (Å²) in [6.45, 7) is 2.52. The van der Waals surface area contributed by atoms with E-state index >= 15 is 0 Å². The molecule has 2 N–H and O–H groups in total. The molecule has 0 aliphatic carbocycles. The normalized spacial score (nSPS) is 10.4. The highest BCUT2D eigenvalue weighted by Gasteiger charge is 2.05. The van der Waals surface area contributed by atoms with Crippen LogP contribution >= 0.6 is 27.5 Å². The van der Waals surface area contributed by atoms with Gasteiger partial charge in [0.15, 0.2) is 0 Å². The van der Waals surface area contributed by atoms with Crippen LogP contribution in [0.25, 0.3) is 0 Å². The summed E-state index contributed by atoms with van der Waals surface area (Å²) >= 11 is 9.50. The van der Waals surface area contributed by atoms with Gasteiger partial charge in [0.05, 0.1) is 0 Å². The van der Waals surface area contributed by atoms with Gasteiger partial charge in [0.2, 0.25) is 0 Å². The molecule has 0 aliphatic heterocycles. The molecule has 0 atom stereocenters. The number of hydrogen-bond acceptors (Lipinski definition) is 2. The third-order valence-corrected chi connectivity index (χ3v) is 3.97. The van der Waals surface area contributed by atoms with Crippen LogP contribution in [0.4, 0.5) is 5.69 Å². The minimum atomic E-state index is 0.212. The number of phenolic OH excluding ortho intramolecular Hbond substituents is 1. The Hall–Kier alpha value is -1.19. The van der Waals surface area contributed by atoms with E-state index in [1.54, 1.807) is 18.2 Å². The maximum atomic E-state index is 9.74. The van der Waals surface area contributed by atoms with Crippen LogP contribution < -0.4 is 5.32 Å². The van der Waals surface area contributed by atoms with Gasteiger partial charge < -0.3 is 10.4 Å². The number of rotatable bonds is 3. The van der Waals surface area contributed by atoms with E-state index < -0.39 is 0 Å². The summed E-state index contributed by atoms with van der Waals surface area (Å²) in [6, 6.07) is 11.1. The lowest BCUT2D eigenvalue weighted by Gasteiger charge is -2.10. The van der Waals surface area contributed by atoms with Gasteiger partial charge in [-0.3, -0.25) is 0 Å². The zero-order valence-corrected chi connectivity index (χ0v) is 12.2. The quantitative estimate of drug-likeness (QED) is 0.854. The summed E-state index contributed by atoms with van der Waals surface area (Å²) in [5, 5.41) is 13.5. The van der Waals surface area contributed by atoms with Crippen LogP contribution in [0, 0.1) is 6.92 Å². The zero-order valence-electron chi connectivity index (χ0n) is 9.87. The second-order valence-electron chi connectivity index (χ2n) is 4.06. The van der Waals surface area contributed by atoms with Crippen molar-refractivity contribution in [2.45, 2.75) is 13.5 Å². The van der Waals surface area contributed by atoms with Gasteiger partial charge in [-0.15, -0.1) is 0 Å². The van der Waals surface area contributed by atoms with Crippen LogP contribution in [0.1, 0.15) is 11.1 Å². The molecule has 18 heavy (non-hydrogen) atoms. The molecule has 0 unspecified atom stereocenters. The van der Waals surface area contributed by atoms with Crippen molar-refractivity contribution < 1.29 is 5.11 Å². The van der Waals surface area contributed by atoms with E-state index in [-0.39, 0.29) is 5.75 Å². The van der Waals surface area contributed by atoms with Crippen LogP contribution in [-0.4, -0.2) is 5.11 Å². The molecular weight excluding hydrogens is 314 g/mol. The SMILES string of the molecule is Cc1cc(NCc2c(O)cccc2Cl)ccc1Br. The van der Waals surface area contributed by atoms with Crippen molar-refractivity contribution in [1.82, 2.24) is 0 Å². The fourth-order valence-corrected chi connectivity index (χ4v) is 2.15. The second kappa shape index (κ2) is 5.63. The summed E-state index contributed by atoms with van der Waals surface area (Å²) in [5.41, 5.74) is 2.86. The number of nitrogens with one attached hydrogen (secondary N) is 1. The molecule has 2 aromatic carbocycles. The van der Waals surface area contributed by atoms with Crippen LogP contribution in [0.15, 0.2) is 40.9 Å². The highest BCUT2D eigenvalue weighted by Crippen LogP contribution is 2.27. The Morgan fingerprint density at radius 3 is 2.72 bits per heavy atom. The molecule has 4 heteroatoms. The van der Waals surface area contributed by atoms with Gasteiger partial charge in [-0.05, 0) is 42.8 Å². The van der Waals surface area contributed by atoms with Crippen molar-refractivity contribution in [3.8, 4) is 5.75 Å². The monoisotopic (exact) mass is 325 g/mol. The molecule has 2 aromatic rings. The first-order valence-electron chi connectivity index (χ1n) is 5.54. The highest BCUT2D eigenvalue weighted by molar-refractivity contribution is 9.10. The van der Waals surface area contributed by atoms with Crippen molar-refractivity contribution >= 4 is 33.2 Å². The van der Waals surface area contributed by atoms with Crippen molar-refractivity contribution in [2.24, 2.45) is 0 Å². The number of hydrogen-bond donors (Lipinski definition) is 2. The molecule has 0 aliphatic rings. The van der Waals surface area contributed by atoms with E-state index in [0.29, 0.717) is 17.1 Å². The molecule has 0 saturated heterocycles. The lowest BCUT2D eigenvalue weighted by Crippen LogP contribution is -2.00. The number of halogens is 2. The van der Waals surface area contributed by atoms with E-state index in [4.69, 9.17) is 11.6 Å². The molecule has 0 saturated carbocycles. The van der Waals surface area contributed by atoms with Crippen LogP contribution in [0.2, 0.25) is 5.02 Å².